The van der Waals surface area contributed by atoms with E-state index < -0.39 is 21.3 Å². The number of ether oxygens (including phenoxy) is 2. The Labute approximate surface area is 192 Å². The molecule has 2 aliphatic carbocycles. The maximum absolute atomic E-state index is 13.4. The summed E-state index contributed by atoms with van der Waals surface area (Å²) in [5.74, 6) is 0.255. The second-order valence-electron chi connectivity index (χ2n) is 8.80. The van der Waals surface area contributed by atoms with Gasteiger partial charge in [-0.2, -0.15) is 0 Å². The summed E-state index contributed by atoms with van der Waals surface area (Å²) in [6, 6.07) is 8.63. The van der Waals surface area contributed by atoms with Gasteiger partial charge in [-0.3, -0.25) is 4.79 Å². The molecule has 0 bridgehead atoms. The summed E-state index contributed by atoms with van der Waals surface area (Å²) < 4.78 is 39.6. The van der Waals surface area contributed by atoms with Gasteiger partial charge in [0.1, 0.15) is 6.61 Å². The highest BCUT2D eigenvalue weighted by Gasteiger charge is 2.54. The van der Waals surface area contributed by atoms with Crippen LogP contribution < -0.4 is 9.46 Å². The third-order valence-corrected chi connectivity index (χ3v) is 8.14. The van der Waals surface area contributed by atoms with E-state index in [1.807, 2.05) is 12.3 Å². The molecule has 2 heterocycles. The van der Waals surface area contributed by atoms with Crippen LogP contribution in [0.1, 0.15) is 49.1 Å². The molecule has 0 atom stereocenters. The summed E-state index contributed by atoms with van der Waals surface area (Å²) in [4.78, 5) is 21.0. The van der Waals surface area contributed by atoms with E-state index in [0.29, 0.717) is 54.3 Å². The number of methoxy groups -OCH3 is 1. The van der Waals surface area contributed by atoms with Crippen molar-refractivity contribution in [1.82, 2.24) is 14.7 Å². The highest BCUT2D eigenvalue weighted by atomic mass is 32.2. The zero-order chi connectivity index (χ0) is 23.1. The molecular formula is C24H27N3O5S. The number of rotatable bonds is 9. The number of nitrogens with one attached hydrogen (secondary N) is 2. The van der Waals surface area contributed by atoms with Crippen molar-refractivity contribution in [3.63, 3.8) is 0 Å². The van der Waals surface area contributed by atoms with Crippen molar-refractivity contribution >= 4 is 26.8 Å². The zero-order valence-electron chi connectivity index (χ0n) is 18.5. The molecule has 0 unspecified atom stereocenters. The van der Waals surface area contributed by atoms with Crippen molar-refractivity contribution in [2.24, 2.45) is 0 Å². The average molecular weight is 470 g/mol. The molecule has 1 aromatic carbocycles. The highest BCUT2D eigenvalue weighted by Crippen LogP contribution is 2.52. The van der Waals surface area contributed by atoms with Crippen LogP contribution in [0.4, 0.5) is 0 Å². The molecule has 2 aromatic heterocycles. The molecular weight excluding hydrogens is 442 g/mol. The van der Waals surface area contributed by atoms with E-state index in [9.17, 15) is 13.2 Å². The predicted octanol–water partition coefficient (Wildman–Crippen LogP) is 3.39. The summed E-state index contributed by atoms with van der Waals surface area (Å²) in [6.45, 7) is 0.685. The van der Waals surface area contributed by atoms with Crippen LogP contribution in [0.15, 0.2) is 47.6 Å². The van der Waals surface area contributed by atoms with Gasteiger partial charge >= 0.3 is 0 Å². The van der Waals surface area contributed by atoms with Crippen molar-refractivity contribution in [2.45, 2.75) is 48.3 Å². The second-order valence-corrected chi connectivity index (χ2v) is 10.5. The molecule has 33 heavy (non-hydrogen) atoms. The van der Waals surface area contributed by atoms with E-state index >= 15 is 0 Å². The topological polar surface area (TPSA) is 110 Å². The molecule has 2 saturated carbocycles. The van der Waals surface area contributed by atoms with Crippen LogP contribution in [0.2, 0.25) is 0 Å². The van der Waals surface area contributed by atoms with Gasteiger partial charge in [-0.05, 0) is 61.4 Å². The van der Waals surface area contributed by atoms with E-state index in [2.05, 4.69) is 14.7 Å². The maximum atomic E-state index is 13.4. The SMILES string of the molecule is COCCOc1ncc(C2CCC2)cc1C1(C(=O)NS(=O)(=O)c2cccc3[nH]ccc23)CC1. The molecule has 8 nitrogen and oxygen atoms in total. The van der Waals surface area contributed by atoms with Gasteiger partial charge in [-0.1, -0.05) is 12.5 Å². The Bertz CT molecular complexity index is 1290. The molecule has 9 heteroatoms. The molecule has 1 amide bonds. The van der Waals surface area contributed by atoms with E-state index in [4.69, 9.17) is 9.47 Å². The quantitative estimate of drug-likeness (QED) is 0.465. The Morgan fingerprint density at radius 1 is 1.24 bits per heavy atom. The number of hydrogen-bond donors (Lipinski definition) is 2. The summed E-state index contributed by atoms with van der Waals surface area (Å²) >= 11 is 0. The molecule has 0 spiro atoms. The van der Waals surface area contributed by atoms with Crippen molar-refractivity contribution < 1.29 is 22.7 Å². The zero-order valence-corrected chi connectivity index (χ0v) is 19.3. The van der Waals surface area contributed by atoms with Crippen LogP contribution in [0, 0.1) is 0 Å². The molecule has 5 rings (SSSR count). The summed E-state index contributed by atoms with van der Waals surface area (Å²) in [5.41, 5.74) is 1.47. The van der Waals surface area contributed by atoms with Gasteiger partial charge in [0.2, 0.25) is 11.8 Å². The average Bonchev–Trinajstić information content (AvgIpc) is 3.43. The Balaban J connectivity index is 1.46. The van der Waals surface area contributed by atoms with Gasteiger partial charge in [0.25, 0.3) is 10.0 Å². The Morgan fingerprint density at radius 2 is 2.06 bits per heavy atom. The minimum atomic E-state index is -4.06. The largest absolute Gasteiger partial charge is 0.475 e. The summed E-state index contributed by atoms with van der Waals surface area (Å²) in [7, 11) is -2.48. The van der Waals surface area contributed by atoms with Crippen LogP contribution in [0.25, 0.3) is 10.9 Å². The monoisotopic (exact) mass is 469 g/mol. The lowest BCUT2D eigenvalue weighted by Crippen LogP contribution is -2.39. The molecule has 0 saturated heterocycles. The minimum absolute atomic E-state index is 0.0725. The van der Waals surface area contributed by atoms with Crippen LogP contribution in [0.3, 0.4) is 0 Å². The van der Waals surface area contributed by atoms with Crippen LogP contribution in [0.5, 0.6) is 5.88 Å². The fourth-order valence-corrected chi connectivity index (χ4v) is 5.70. The van der Waals surface area contributed by atoms with Gasteiger partial charge < -0.3 is 14.5 Å². The maximum Gasteiger partial charge on any atom is 0.264 e. The van der Waals surface area contributed by atoms with Gasteiger partial charge in [-0.15, -0.1) is 0 Å². The fourth-order valence-electron chi connectivity index (χ4n) is 4.42. The minimum Gasteiger partial charge on any atom is -0.475 e. The number of carbonyl (C=O) groups excluding carboxylic acids is 1. The lowest BCUT2D eigenvalue weighted by Gasteiger charge is -2.27. The first-order valence-electron chi connectivity index (χ1n) is 11.2. The third kappa shape index (κ3) is 4.00. The van der Waals surface area contributed by atoms with Gasteiger partial charge in [0.05, 0.1) is 16.9 Å². The van der Waals surface area contributed by atoms with Gasteiger partial charge in [-0.25, -0.2) is 18.1 Å². The number of H-pyrrole nitrogens is 1. The highest BCUT2D eigenvalue weighted by molar-refractivity contribution is 7.90. The smallest absolute Gasteiger partial charge is 0.264 e. The number of nitrogens with zero attached hydrogens (tertiary/aromatic N) is 1. The number of hydrogen-bond acceptors (Lipinski definition) is 6. The van der Waals surface area contributed by atoms with Crippen LogP contribution in [-0.2, 0) is 25.0 Å². The van der Waals surface area contributed by atoms with E-state index in [-0.39, 0.29) is 4.90 Å². The van der Waals surface area contributed by atoms with E-state index in [1.165, 1.54) is 12.5 Å². The standard InChI is InChI=1S/C24H27N3O5S/c1-31-12-13-32-22-19(14-17(15-26-22)16-4-2-5-16)24(9-10-24)23(28)27-33(29,30)21-7-3-6-20-18(21)8-11-25-20/h3,6-8,11,14-16,25H,2,4-5,9-10,12-13H2,1H3,(H,27,28). The van der Waals surface area contributed by atoms with Crippen LogP contribution in [-0.4, -0.2) is 44.6 Å². The summed E-state index contributed by atoms with van der Waals surface area (Å²) in [5, 5.41) is 0.542. The lowest BCUT2D eigenvalue weighted by molar-refractivity contribution is -0.121. The number of aromatic nitrogens is 2. The number of aromatic amines is 1. The van der Waals surface area contributed by atoms with E-state index in [1.54, 1.807) is 31.5 Å². The van der Waals surface area contributed by atoms with Crippen molar-refractivity contribution in [1.29, 1.82) is 0 Å². The normalized spacial score (nSPS) is 17.5. The summed E-state index contributed by atoms with van der Waals surface area (Å²) in [6.07, 6.45) is 7.94. The first-order chi connectivity index (χ1) is 15.9. The molecule has 2 N–H and O–H groups in total. The number of pyridine rings is 1. The lowest BCUT2D eigenvalue weighted by atomic mass is 9.79. The molecule has 2 fully saturated rings. The molecule has 2 aliphatic rings. The Morgan fingerprint density at radius 3 is 2.76 bits per heavy atom. The third-order valence-electron chi connectivity index (χ3n) is 6.75. The first-order valence-corrected chi connectivity index (χ1v) is 12.7. The van der Waals surface area contributed by atoms with Crippen molar-refractivity contribution in [2.75, 3.05) is 20.3 Å². The second kappa shape index (κ2) is 8.46. The van der Waals surface area contributed by atoms with E-state index in [0.717, 1.165) is 18.4 Å². The van der Waals surface area contributed by atoms with Crippen LogP contribution >= 0.6 is 0 Å². The number of sulfonamides is 1. The first kappa shape index (κ1) is 21.9. The molecule has 0 aliphatic heterocycles. The van der Waals surface area contributed by atoms with Gasteiger partial charge in [0.15, 0.2) is 0 Å². The van der Waals surface area contributed by atoms with Crippen molar-refractivity contribution in [3.8, 4) is 5.88 Å². The van der Waals surface area contributed by atoms with Crippen molar-refractivity contribution in [3.05, 3.63) is 53.9 Å². The van der Waals surface area contributed by atoms with Gasteiger partial charge in [0, 0.05) is 36.0 Å². The number of amides is 1. The predicted molar refractivity (Wildman–Crippen MR) is 123 cm³/mol. The Kier molecular flexibility index (Phi) is 5.62. The molecule has 0 radical (unpaired) electrons. The fraction of sp³-hybridized carbons (Fsp3) is 0.417. The molecule has 3 aromatic rings. The Hall–Kier alpha value is -2.91. The number of fused-ring (bicyclic) bond motifs is 1. The number of carbonyl (C=O) groups is 1. The molecule has 174 valence electrons. The number of benzene rings is 1.